The molecule has 3 rings (SSSR count). The van der Waals surface area contributed by atoms with Crippen LogP contribution in [0.25, 0.3) is 0 Å². The van der Waals surface area contributed by atoms with Crippen molar-refractivity contribution >= 4 is 11.8 Å². The Morgan fingerprint density at radius 3 is 2.75 bits per heavy atom. The first-order chi connectivity index (χ1) is 9.85. The van der Waals surface area contributed by atoms with Crippen molar-refractivity contribution in [3.05, 3.63) is 42.1 Å². The third-order valence-corrected chi connectivity index (χ3v) is 3.38. The lowest BCUT2D eigenvalue weighted by atomic mass is 10.2. The summed E-state index contributed by atoms with van der Waals surface area (Å²) in [6, 6.07) is 10.9. The molecule has 0 spiro atoms. The summed E-state index contributed by atoms with van der Waals surface area (Å²) in [5, 5.41) is 11.4. The van der Waals surface area contributed by atoms with E-state index in [2.05, 4.69) is 56.6 Å². The molecule has 0 atom stereocenters. The Kier molecular flexibility index (Phi) is 3.76. The number of aromatic nitrogens is 3. The first-order valence-corrected chi connectivity index (χ1v) is 7.10. The second-order valence-electron chi connectivity index (χ2n) is 5.06. The van der Waals surface area contributed by atoms with Gasteiger partial charge in [0.25, 0.3) is 0 Å². The molecule has 0 radical (unpaired) electrons. The second-order valence-corrected chi connectivity index (χ2v) is 5.06. The number of rotatable bonds is 6. The van der Waals surface area contributed by atoms with Crippen LogP contribution in [0, 0.1) is 0 Å². The molecule has 0 aliphatic heterocycles. The predicted molar refractivity (Wildman–Crippen MR) is 79.6 cm³/mol. The van der Waals surface area contributed by atoms with Gasteiger partial charge in [0.15, 0.2) is 5.82 Å². The third-order valence-electron chi connectivity index (χ3n) is 3.38. The quantitative estimate of drug-likeness (QED) is 0.873. The molecule has 1 N–H and O–H groups in total. The number of hydrogen-bond donors (Lipinski definition) is 1. The van der Waals surface area contributed by atoms with Gasteiger partial charge in [-0.3, -0.25) is 0 Å². The van der Waals surface area contributed by atoms with Crippen molar-refractivity contribution in [1.29, 1.82) is 0 Å². The molecule has 5 nitrogen and oxygen atoms in total. The van der Waals surface area contributed by atoms with E-state index >= 15 is 0 Å². The molecule has 1 aliphatic rings. The van der Waals surface area contributed by atoms with Crippen molar-refractivity contribution in [1.82, 2.24) is 15.2 Å². The van der Waals surface area contributed by atoms with E-state index in [-0.39, 0.29) is 0 Å². The van der Waals surface area contributed by atoms with Crippen molar-refractivity contribution in [2.24, 2.45) is 0 Å². The van der Waals surface area contributed by atoms with Gasteiger partial charge in [-0.25, -0.2) is 0 Å². The standard InChI is InChI=1S/C15H19N5/c1-2-20(11-12-6-4-3-5-7-12)14-10-16-19-15(18-14)17-13-8-9-13/h3-7,10,13H,2,8-9,11H2,1H3,(H,17,18,19). The number of hydrogen-bond acceptors (Lipinski definition) is 5. The Hall–Kier alpha value is -2.17. The van der Waals surface area contributed by atoms with Crippen LogP contribution in [0.2, 0.25) is 0 Å². The Morgan fingerprint density at radius 1 is 1.25 bits per heavy atom. The van der Waals surface area contributed by atoms with Crippen molar-refractivity contribution < 1.29 is 0 Å². The van der Waals surface area contributed by atoms with E-state index in [0.29, 0.717) is 12.0 Å². The molecule has 1 heterocycles. The second kappa shape index (κ2) is 5.86. The van der Waals surface area contributed by atoms with Gasteiger partial charge in [0, 0.05) is 19.1 Å². The summed E-state index contributed by atoms with van der Waals surface area (Å²) in [6.07, 6.45) is 4.13. The van der Waals surface area contributed by atoms with E-state index in [4.69, 9.17) is 0 Å². The van der Waals surface area contributed by atoms with E-state index in [0.717, 1.165) is 18.9 Å². The van der Waals surface area contributed by atoms with Gasteiger partial charge in [-0.1, -0.05) is 30.3 Å². The maximum atomic E-state index is 4.56. The minimum absolute atomic E-state index is 0.538. The zero-order valence-electron chi connectivity index (χ0n) is 11.7. The molecule has 0 amide bonds. The first-order valence-electron chi connectivity index (χ1n) is 7.10. The van der Waals surface area contributed by atoms with E-state index in [9.17, 15) is 0 Å². The monoisotopic (exact) mass is 269 g/mol. The molecule has 5 heteroatoms. The number of nitrogens with one attached hydrogen (secondary N) is 1. The van der Waals surface area contributed by atoms with Crippen LogP contribution >= 0.6 is 0 Å². The SMILES string of the molecule is CCN(Cc1ccccc1)c1cnnc(NC2CC2)n1. The van der Waals surface area contributed by atoms with Crippen LogP contribution in [0.5, 0.6) is 0 Å². The average molecular weight is 269 g/mol. The first kappa shape index (κ1) is 12.8. The lowest BCUT2D eigenvalue weighted by Crippen LogP contribution is -2.24. The van der Waals surface area contributed by atoms with Gasteiger partial charge in [-0.15, -0.1) is 5.10 Å². The minimum Gasteiger partial charge on any atom is -0.351 e. The van der Waals surface area contributed by atoms with Gasteiger partial charge in [-0.2, -0.15) is 10.1 Å². The molecule has 0 unspecified atom stereocenters. The molecule has 1 aromatic carbocycles. The summed E-state index contributed by atoms with van der Waals surface area (Å²) in [5.74, 6) is 1.51. The molecular weight excluding hydrogens is 250 g/mol. The van der Waals surface area contributed by atoms with Gasteiger partial charge >= 0.3 is 0 Å². The summed E-state index contributed by atoms with van der Waals surface area (Å²) in [4.78, 5) is 6.76. The molecule has 2 aromatic rings. The van der Waals surface area contributed by atoms with Gasteiger partial charge in [0.1, 0.15) is 0 Å². The maximum Gasteiger partial charge on any atom is 0.244 e. The van der Waals surface area contributed by atoms with Crippen molar-refractivity contribution in [2.75, 3.05) is 16.8 Å². The topological polar surface area (TPSA) is 53.9 Å². The van der Waals surface area contributed by atoms with Crippen LogP contribution < -0.4 is 10.2 Å². The predicted octanol–water partition coefficient (Wildman–Crippen LogP) is 2.47. The smallest absolute Gasteiger partial charge is 0.244 e. The highest BCUT2D eigenvalue weighted by Gasteiger charge is 2.22. The van der Waals surface area contributed by atoms with Crippen LogP contribution in [-0.2, 0) is 6.54 Å². The van der Waals surface area contributed by atoms with Gasteiger partial charge in [0.2, 0.25) is 5.95 Å². The van der Waals surface area contributed by atoms with Gasteiger partial charge in [-0.05, 0) is 25.3 Å². The van der Waals surface area contributed by atoms with Crippen LogP contribution in [0.3, 0.4) is 0 Å². The van der Waals surface area contributed by atoms with Crippen molar-refractivity contribution in [3.63, 3.8) is 0 Å². The van der Waals surface area contributed by atoms with E-state index in [1.807, 2.05) is 6.07 Å². The summed E-state index contributed by atoms with van der Waals surface area (Å²) < 4.78 is 0. The van der Waals surface area contributed by atoms with Crippen LogP contribution in [0.1, 0.15) is 25.3 Å². The Balaban J connectivity index is 1.74. The highest BCUT2D eigenvalue weighted by Crippen LogP contribution is 2.23. The number of anilines is 2. The van der Waals surface area contributed by atoms with Gasteiger partial charge < -0.3 is 10.2 Å². The molecular formula is C15H19N5. The largest absolute Gasteiger partial charge is 0.351 e. The van der Waals surface area contributed by atoms with Crippen molar-refractivity contribution in [2.45, 2.75) is 32.4 Å². The van der Waals surface area contributed by atoms with Gasteiger partial charge in [0.05, 0.1) is 6.20 Å². The summed E-state index contributed by atoms with van der Waals surface area (Å²) in [7, 11) is 0. The Bertz CT molecular complexity index is 553. The van der Waals surface area contributed by atoms with Crippen LogP contribution in [0.4, 0.5) is 11.8 Å². The molecule has 1 aliphatic carbocycles. The molecule has 0 saturated heterocycles. The zero-order valence-corrected chi connectivity index (χ0v) is 11.7. The summed E-state index contributed by atoms with van der Waals surface area (Å²) >= 11 is 0. The molecule has 1 saturated carbocycles. The number of nitrogens with zero attached hydrogens (tertiary/aromatic N) is 4. The molecule has 1 aromatic heterocycles. The maximum absolute atomic E-state index is 4.56. The number of benzene rings is 1. The fraction of sp³-hybridized carbons (Fsp3) is 0.400. The highest BCUT2D eigenvalue weighted by molar-refractivity contribution is 5.41. The Morgan fingerprint density at radius 2 is 2.05 bits per heavy atom. The van der Waals surface area contributed by atoms with Crippen LogP contribution in [-0.4, -0.2) is 27.8 Å². The molecule has 104 valence electrons. The lowest BCUT2D eigenvalue weighted by Gasteiger charge is -2.21. The lowest BCUT2D eigenvalue weighted by molar-refractivity contribution is 0.796. The summed E-state index contributed by atoms with van der Waals surface area (Å²) in [5.41, 5.74) is 1.27. The minimum atomic E-state index is 0.538. The third kappa shape index (κ3) is 3.23. The Labute approximate surface area is 119 Å². The molecule has 0 bridgehead atoms. The zero-order chi connectivity index (χ0) is 13.8. The van der Waals surface area contributed by atoms with Crippen molar-refractivity contribution in [3.8, 4) is 0 Å². The normalized spacial score (nSPS) is 14.1. The average Bonchev–Trinajstić information content (AvgIpc) is 3.30. The van der Waals surface area contributed by atoms with E-state index in [1.165, 1.54) is 18.4 Å². The molecule has 20 heavy (non-hydrogen) atoms. The summed E-state index contributed by atoms with van der Waals surface area (Å²) in [6.45, 7) is 3.84. The fourth-order valence-corrected chi connectivity index (χ4v) is 2.08. The van der Waals surface area contributed by atoms with Crippen LogP contribution in [0.15, 0.2) is 36.5 Å². The highest BCUT2D eigenvalue weighted by atomic mass is 15.3. The van der Waals surface area contributed by atoms with E-state index in [1.54, 1.807) is 6.20 Å². The fourth-order valence-electron chi connectivity index (χ4n) is 2.08. The van der Waals surface area contributed by atoms with E-state index < -0.39 is 0 Å². The molecule has 1 fully saturated rings.